The van der Waals surface area contributed by atoms with E-state index in [1.807, 2.05) is 48.5 Å². The molecule has 8 heteroatoms. The van der Waals surface area contributed by atoms with Crippen molar-refractivity contribution in [3.8, 4) is 0 Å². The first-order valence-corrected chi connectivity index (χ1v) is 10.7. The Bertz CT molecular complexity index is 1320. The highest BCUT2D eigenvalue weighted by Gasteiger charge is 2.26. The van der Waals surface area contributed by atoms with E-state index >= 15 is 0 Å². The molecule has 33 heavy (non-hydrogen) atoms. The first-order valence-electron chi connectivity index (χ1n) is 10.4. The van der Waals surface area contributed by atoms with E-state index in [-0.39, 0.29) is 30.1 Å². The zero-order valence-corrected chi connectivity index (χ0v) is 18.1. The lowest BCUT2D eigenvalue weighted by Crippen LogP contribution is -2.20. The molecule has 0 saturated carbocycles. The van der Waals surface area contributed by atoms with Crippen molar-refractivity contribution in [2.45, 2.75) is 12.5 Å². The van der Waals surface area contributed by atoms with E-state index < -0.39 is 0 Å². The number of nitrogens with zero attached hydrogens (tertiary/aromatic N) is 3. The van der Waals surface area contributed by atoms with Crippen LogP contribution in [0.1, 0.15) is 22.7 Å². The average Bonchev–Trinajstić information content (AvgIpc) is 3.22. The Hall–Kier alpha value is -3.97. The number of allylic oxidation sites excluding steroid dienone is 1. The molecule has 0 saturated heterocycles. The van der Waals surface area contributed by atoms with Gasteiger partial charge in [-0.05, 0) is 47.0 Å². The van der Waals surface area contributed by atoms with Gasteiger partial charge in [-0.2, -0.15) is 4.98 Å². The lowest BCUT2D eigenvalue weighted by molar-refractivity contribution is -0.115. The van der Waals surface area contributed by atoms with Crippen LogP contribution in [0.2, 0.25) is 5.02 Å². The van der Waals surface area contributed by atoms with Crippen LogP contribution in [-0.2, 0) is 11.2 Å². The second-order valence-electron chi connectivity index (χ2n) is 7.62. The number of halogens is 2. The molecule has 1 aliphatic heterocycles. The SMILES string of the molecule is O=C(Cc1ccccc1)Nc1nc2n(n1)[C@H](c1ccc(F)cc1)C=C(c1ccc(Cl)cc1)N2. The summed E-state index contributed by atoms with van der Waals surface area (Å²) in [7, 11) is 0. The predicted octanol–water partition coefficient (Wildman–Crippen LogP) is 5.31. The molecular formula is C25H19ClFN5O. The van der Waals surface area contributed by atoms with Crippen molar-refractivity contribution in [3.63, 3.8) is 0 Å². The molecule has 2 heterocycles. The summed E-state index contributed by atoms with van der Waals surface area (Å²) >= 11 is 6.04. The van der Waals surface area contributed by atoms with Gasteiger partial charge in [0.05, 0.1) is 6.42 Å². The number of benzene rings is 3. The Balaban J connectivity index is 1.46. The number of aromatic nitrogens is 3. The lowest BCUT2D eigenvalue weighted by atomic mass is 10.0. The molecule has 0 spiro atoms. The fourth-order valence-electron chi connectivity index (χ4n) is 3.69. The molecule has 1 aromatic heterocycles. The van der Waals surface area contributed by atoms with Gasteiger partial charge < -0.3 is 5.32 Å². The largest absolute Gasteiger partial charge is 0.324 e. The minimum atomic E-state index is -0.347. The van der Waals surface area contributed by atoms with Gasteiger partial charge in [0.25, 0.3) is 5.95 Å². The van der Waals surface area contributed by atoms with E-state index in [0.717, 1.165) is 22.4 Å². The topological polar surface area (TPSA) is 71.8 Å². The van der Waals surface area contributed by atoms with Gasteiger partial charge in [-0.25, -0.2) is 9.07 Å². The monoisotopic (exact) mass is 459 g/mol. The summed E-state index contributed by atoms with van der Waals surface area (Å²) in [6.45, 7) is 0. The normalized spacial score (nSPS) is 14.7. The molecule has 0 aliphatic carbocycles. The summed E-state index contributed by atoms with van der Waals surface area (Å²) in [6, 6.07) is 22.8. The minimum Gasteiger partial charge on any atom is -0.324 e. The molecule has 0 radical (unpaired) electrons. The lowest BCUT2D eigenvalue weighted by Gasteiger charge is -2.24. The molecule has 3 aromatic carbocycles. The van der Waals surface area contributed by atoms with E-state index in [4.69, 9.17) is 11.6 Å². The molecule has 0 unspecified atom stereocenters. The fourth-order valence-corrected chi connectivity index (χ4v) is 3.82. The molecule has 1 amide bonds. The number of carbonyl (C=O) groups is 1. The number of fused-ring (bicyclic) bond motifs is 1. The van der Waals surface area contributed by atoms with Crippen molar-refractivity contribution >= 4 is 35.1 Å². The zero-order chi connectivity index (χ0) is 22.8. The number of hydrogen-bond acceptors (Lipinski definition) is 4. The molecule has 0 fully saturated rings. The molecule has 1 atom stereocenters. The first kappa shape index (κ1) is 20.9. The predicted molar refractivity (Wildman–Crippen MR) is 126 cm³/mol. The molecule has 6 nitrogen and oxygen atoms in total. The highest BCUT2D eigenvalue weighted by atomic mass is 35.5. The maximum atomic E-state index is 13.5. The fraction of sp³-hybridized carbons (Fsp3) is 0.0800. The van der Waals surface area contributed by atoms with Gasteiger partial charge in [0.1, 0.15) is 11.9 Å². The summed E-state index contributed by atoms with van der Waals surface area (Å²) in [5, 5.41) is 11.2. The van der Waals surface area contributed by atoms with Crippen molar-refractivity contribution in [3.05, 3.63) is 112 Å². The van der Waals surface area contributed by atoms with Crippen molar-refractivity contribution < 1.29 is 9.18 Å². The Kier molecular flexibility index (Phi) is 5.62. The third-order valence-electron chi connectivity index (χ3n) is 5.29. The maximum Gasteiger partial charge on any atom is 0.250 e. The Morgan fingerprint density at radius 3 is 2.48 bits per heavy atom. The molecule has 5 rings (SSSR count). The van der Waals surface area contributed by atoms with Crippen LogP contribution < -0.4 is 10.6 Å². The van der Waals surface area contributed by atoms with Crippen LogP contribution in [0.15, 0.2) is 84.9 Å². The summed E-state index contributed by atoms with van der Waals surface area (Å²) in [5.41, 5.74) is 3.45. The smallest absolute Gasteiger partial charge is 0.250 e. The van der Waals surface area contributed by atoms with Gasteiger partial charge in [-0.3, -0.25) is 10.1 Å². The number of hydrogen-bond donors (Lipinski definition) is 2. The van der Waals surface area contributed by atoms with Crippen LogP contribution in [0, 0.1) is 5.82 Å². The molecule has 1 aliphatic rings. The van der Waals surface area contributed by atoms with Crippen LogP contribution in [0.3, 0.4) is 0 Å². The Labute approximate surface area is 194 Å². The van der Waals surface area contributed by atoms with E-state index in [1.165, 1.54) is 12.1 Å². The summed E-state index contributed by atoms with van der Waals surface area (Å²) in [6.07, 6.45) is 2.20. The quantitative estimate of drug-likeness (QED) is 0.424. The number of anilines is 2. The molecule has 4 aromatic rings. The van der Waals surface area contributed by atoms with E-state index in [1.54, 1.807) is 28.9 Å². The standard InChI is InChI=1S/C25H19ClFN5O/c26-19-10-6-17(7-11-19)21-15-22(18-8-12-20(27)13-9-18)32-25(28-21)30-24(31-32)29-23(33)14-16-4-2-1-3-5-16/h1-13,15,22H,14H2,(H2,28,29,30,31,33)/t22-/m0/s1. The summed E-state index contributed by atoms with van der Waals surface area (Å²) < 4.78 is 15.2. The Morgan fingerprint density at radius 2 is 1.76 bits per heavy atom. The van der Waals surface area contributed by atoms with Crippen LogP contribution >= 0.6 is 11.6 Å². The molecular weight excluding hydrogens is 441 g/mol. The van der Waals surface area contributed by atoms with Gasteiger partial charge in [0.15, 0.2) is 0 Å². The maximum absolute atomic E-state index is 13.5. The van der Waals surface area contributed by atoms with E-state index in [2.05, 4.69) is 20.7 Å². The summed E-state index contributed by atoms with van der Waals surface area (Å²) in [5.74, 6) is 0.124. The third kappa shape index (κ3) is 4.63. The number of nitrogens with one attached hydrogen (secondary N) is 2. The third-order valence-corrected chi connectivity index (χ3v) is 5.54. The highest BCUT2D eigenvalue weighted by molar-refractivity contribution is 6.30. The number of rotatable bonds is 5. The number of carbonyl (C=O) groups excluding carboxylic acids is 1. The molecule has 164 valence electrons. The van der Waals surface area contributed by atoms with E-state index in [9.17, 15) is 9.18 Å². The van der Waals surface area contributed by atoms with Gasteiger partial charge in [-0.15, -0.1) is 5.10 Å². The van der Waals surface area contributed by atoms with Crippen LogP contribution in [-0.4, -0.2) is 20.7 Å². The van der Waals surface area contributed by atoms with Crippen molar-refractivity contribution in [2.75, 3.05) is 10.6 Å². The van der Waals surface area contributed by atoms with Gasteiger partial charge >= 0.3 is 0 Å². The Morgan fingerprint density at radius 1 is 1.03 bits per heavy atom. The van der Waals surface area contributed by atoms with Gasteiger partial charge in [0.2, 0.25) is 11.9 Å². The average molecular weight is 460 g/mol. The van der Waals surface area contributed by atoms with Crippen molar-refractivity contribution in [2.24, 2.45) is 0 Å². The van der Waals surface area contributed by atoms with E-state index in [0.29, 0.717) is 11.0 Å². The van der Waals surface area contributed by atoms with Crippen LogP contribution in [0.25, 0.3) is 5.70 Å². The first-order chi connectivity index (χ1) is 16.0. The summed E-state index contributed by atoms with van der Waals surface area (Å²) in [4.78, 5) is 17.0. The van der Waals surface area contributed by atoms with Crippen LogP contribution in [0.4, 0.5) is 16.3 Å². The number of amides is 1. The molecule has 2 N–H and O–H groups in total. The van der Waals surface area contributed by atoms with Crippen molar-refractivity contribution in [1.82, 2.24) is 14.8 Å². The highest BCUT2D eigenvalue weighted by Crippen LogP contribution is 2.33. The second-order valence-corrected chi connectivity index (χ2v) is 8.06. The van der Waals surface area contributed by atoms with Crippen molar-refractivity contribution in [1.29, 1.82) is 0 Å². The van der Waals surface area contributed by atoms with Crippen LogP contribution in [0.5, 0.6) is 0 Å². The minimum absolute atomic E-state index is 0.191. The zero-order valence-electron chi connectivity index (χ0n) is 17.4. The van der Waals surface area contributed by atoms with Gasteiger partial charge in [0, 0.05) is 10.7 Å². The molecule has 0 bridgehead atoms. The second kappa shape index (κ2) is 8.88. The van der Waals surface area contributed by atoms with Gasteiger partial charge in [-0.1, -0.05) is 66.2 Å².